The smallest absolute Gasteiger partial charge is 0.336 e. The van der Waals surface area contributed by atoms with E-state index in [4.69, 9.17) is 10.1 Å². The van der Waals surface area contributed by atoms with Crippen LogP contribution in [-0.2, 0) is 6.42 Å². The van der Waals surface area contributed by atoms with Gasteiger partial charge in [0.05, 0.1) is 33.6 Å². The summed E-state index contributed by atoms with van der Waals surface area (Å²) in [6.45, 7) is 3.94. The summed E-state index contributed by atoms with van der Waals surface area (Å²) >= 11 is 0. The minimum Gasteiger partial charge on any atom is -0.478 e. The van der Waals surface area contributed by atoms with Crippen molar-refractivity contribution in [1.82, 2.24) is 14.8 Å². The summed E-state index contributed by atoms with van der Waals surface area (Å²) < 4.78 is 1.75. The molecule has 0 saturated carbocycles. The molecular formula is C29H22N4O2. The molecule has 2 aromatic heterocycles. The maximum Gasteiger partial charge on any atom is 0.336 e. The molecule has 170 valence electrons. The minimum atomic E-state index is -1.06. The number of aromatic nitrogens is 3. The van der Waals surface area contributed by atoms with Crippen LogP contribution in [0, 0.1) is 18.3 Å². The van der Waals surface area contributed by atoms with E-state index >= 15 is 0 Å². The van der Waals surface area contributed by atoms with E-state index in [0.29, 0.717) is 39.1 Å². The summed E-state index contributed by atoms with van der Waals surface area (Å²) in [5.41, 5.74) is 5.96. The minimum absolute atomic E-state index is 0.121. The van der Waals surface area contributed by atoms with Crippen LogP contribution in [0.2, 0.25) is 0 Å². The van der Waals surface area contributed by atoms with Gasteiger partial charge >= 0.3 is 5.97 Å². The molecule has 0 unspecified atom stereocenters. The monoisotopic (exact) mass is 458 g/mol. The number of carboxylic acids is 1. The van der Waals surface area contributed by atoms with Gasteiger partial charge in [-0.05, 0) is 42.7 Å². The van der Waals surface area contributed by atoms with E-state index in [1.165, 1.54) is 5.56 Å². The van der Waals surface area contributed by atoms with Crippen molar-refractivity contribution in [2.45, 2.75) is 20.3 Å². The van der Waals surface area contributed by atoms with Crippen LogP contribution < -0.4 is 0 Å². The Morgan fingerprint density at radius 1 is 1.00 bits per heavy atom. The van der Waals surface area contributed by atoms with Crippen LogP contribution in [0.25, 0.3) is 39.1 Å². The zero-order chi connectivity index (χ0) is 24.5. The van der Waals surface area contributed by atoms with Gasteiger partial charge in [-0.1, -0.05) is 67.6 Å². The van der Waals surface area contributed by atoms with E-state index in [1.54, 1.807) is 28.9 Å². The quantitative estimate of drug-likeness (QED) is 0.339. The lowest BCUT2D eigenvalue weighted by Gasteiger charge is -2.14. The fraction of sp³-hybridized carbons (Fsp3) is 0.103. The molecule has 0 fully saturated rings. The zero-order valence-electron chi connectivity index (χ0n) is 19.4. The van der Waals surface area contributed by atoms with Crippen LogP contribution in [0.1, 0.15) is 34.1 Å². The van der Waals surface area contributed by atoms with E-state index in [-0.39, 0.29) is 5.56 Å². The molecule has 0 aliphatic rings. The van der Waals surface area contributed by atoms with Crippen molar-refractivity contribution in [3.05, 3.63) is 101 Å². The molecule has 0 radical (unpaired) electrons. The van der Waals surface area contributed by atoms with E-state index in [0.717, 1.165) is 17.7 Å². The molecule has 0 amide bonds. The van der Waals surface area contributed by atoms with Crippen LogP contribution in [0.15, 0.2) is 78.9 Å². The van der Waals surface area contributed by atoms with Crippen LogP contribution in [0.3, 0.4) is 0 Å². The molecule has 5 aromatic rings. The summed E-state index contributed by atoms with van der Waals surface area (Å²) in [6, 6.07) is 26.7. The topological polar surface area (TPSA) is 91.8 Å². The number of aromatic carboxylic acids is 1. The van der Waals surface area contributed by atoms with Crippen LogP contribution >= 0.6 is 0 Å². The number of rotatable bonds is 5. The number of aryl methyl sites for hydroxylation is 2. The van der Waals surface area contributed by atoms with Gasteiger partial charge in [-0.2, -0.15) is 10.4 Å². The average Bonchev–Trinajstić information content (AvgIpc) is 3.24. The normalized spacial score (nSPS) is 10.9. The number of carbonyl (C=O) groups is 1. The van der Waals surface area contributed by atoms with Gasteiger partial charge in [-0.15, -0.1) is 0 Å². The molecule has 3 aromatic carbocycles. The molecule has 6 nitrogen and oxygen atoms in total. The Balaban J connectivity index is 1.95. The highest BCUT2D eigenvalue weighted by Gasteiger charge is 2.26. The Labute approximate surface area is 202 Å². The van der Waals surface area contributed by atoms with E-state index < -0.39 is 5.97 Å². The molecule has 0 saturated heterocycles. The highest BCUT2D eigenvalue weighted by molar-refractivity contribution is 6.06. The van der Waals surface area contributed by atoms with Crippen LogP contribution in [0.5, 0.6) is 0 Å². The molecule has 0 spiro atoms. The summed E-state index contributed by atoms with van der Waals surface area (Å²) in [5.74, 6) is -1.06. The van der Waals surface area contributed by atoms with Crippen molar-refractivity contribution in [3.8, 4) is 34.1 Å². The standard InChI is InChI=1S/C29H22N4O2/c1-3-19-13-15-20(16-14-19)27-24(17-30)26(22-11-7-8-12-23(22)29(34)35)25-18(2)32-33(28(25)31-27)21-9-5-4-6-10-21/h4-16H,3H2,1-2H3,(H,34,35). The Morgan fingerprint density at radius 2 is 1.69 bits per heavy atom. The first-order chi connectivity index (χ1) is 17.0. The number of hydrogen-bond donors (Lipinski definition) is 1. The van der Waals surface area contributed by atoms with Gasteiger partial charge in [0, 0.05) is 11.1 Å². The zero-order valence-corrected chi connectivity index (χ0v) is 19.4. The molecule has 0 aliphatic heterocycles. The van der Waals surface area contributed by atoms with E-state index in [1.807, 2.05) is 61.5 Å². The van der Waals surface area contributed by atoms with E-state index in [2.05, 4.69) is 13.0 Å². The third kappa shape index (κ3) is 3.73. The van der Waals surface area contributed by atoms with Crippen LogP contribution in [0.4, 0.5) is 0 Å². The summed E-state index contributed by atoms with van der Waals surface area (Å²) in [6.07, 6.45) is 0.898. The molecular weight excluding hydrogens is 436 g/mol. The van der Waals surface area contributed by atoms with Crippen molar-refractivity contribution >= 4 is 17.0 Å². The first kappa shape index (κ1) is 22.1. The summed E-state index contributed by atoms with van der Waals surface area (Å²) in [7, 11) is 0. The number of para-hydroxylation sites is 1. The Bertz CT molecular complexity index is 1610. The first-order valence-electron chi connectivity index (χ1n) is 11.3. The predicted molar refractivity (Wildman–Crippen MR) is 136 cm³/mol. The fourth-order valence-corrected chi connectivity index (χ4v) is 4.44. The van der Waals surface area contributed by atoms with Crippen molar-refractivity contribution in [2.75, 3.05) is 0 Å². The Hall–Kier alpha value is -4.76. The van der Waals surface area contributed by atoms with Crippen LogP contribution in [-0.4, -0.2) is 25.8 Å². The van der Waals surface area contributed by atoms with Gasteiger partial charge in [0.25, 0.3) is 0 Å². The second kappa shape index (κ2) is 8.88. The molecule has 2 heterocycles. The molecule has 0 atom stereocenters. The Kier molecular flexibility index (Phi) is 5.60. The molecule has 0 bridgehead atoms. The number of nitriles is 1. The highest BCUT2D eigenvalue weighted by atomic mass is 16.4. The van der Waals surface area contributed by atoms with Crippen molar-refractivity contribution < 1.29 is 9.90 Å². The predicted octanol–water partition coefficient (Wildman–Crippen LogP) is 6.20. The molecule has 5 rings (SSSR count). The van der Waals surface area contributed by atoms with Crippen molar-refractivity contribution in [1.29, 1.82) is 5.26 Å². The van der Waals surface area contributed by atoms with Gasteiger partial charge in [0.15, 0.2) is 5.65 Å². The van der Waals surface area contributed by atoms with Gasteiger partial charge < -0.3 is 5.11 Å². The third-order valence-corrected chi connectivity index (χ3v) is 6.17. The maximum absolute atomic E-state index is 12.1. The van der Waals surface area contributed by atoms with Crippen molar-refractivity contribution in [3.63, 3.8) is 0 Å². The average molecular weight is 459 g/mol. The third-order valence-electron chi connectivity index (χ3n) is 6.17. The first-order valence-corrected chi connectivity index (χ1v) is 11.3. The lowest BCUT2D eigenvalue weighted by Crippen LogP contribution is -2.04. The van der Waals surface area contributed by atoms with E-state index in [9.17, 15) is 15.2 Å². The number of benzene rings is 3. The number of carboxylic acid groups (broad SMARTS) is 1. The molecule has 6 heteroatoms. The molecule has 35 heavy (non-hydrogen) atoms. The fourth-order valence-electron chi connectivity index (χ4n) is 4.44. The van der Waals surface area contributed by atoms with Gasteiger partial charge in [-0.25, -0.2) is 14.5 Å². The van der Waals surface area contributed by atoms with Crippen molar-refractivity contribution in [2.24, 2.45) is 0 Å². The lowest BCUT2D eigenvalue weighted by molar-refractivity contribution is 0.0697. The number of pyridine rings is 1. The SMILES string of the molecule is CCc1ccc(-c2nc3c(c(C)nn3-c3ccccc3)c(-c3ccccc3C(=O)O)c2C#N)cc1. The summed E-state index contributed by atoms with van der Waals surface area (Å²) in [4.78, 5) is 17.1. The largest absolute Gasteiger partial charge is 0.478 e. The summed E-state index contributed by atoms with van der Waals surface area (Å²) in [5, 5.41) is 25.7. The number of nitrogens with zero attached hydrogens (tertiary/aromatic N) is 4. The number of fused-ring (bicyclic) bond motifs is 1. The second-order valence-corrected chi connectivity index (χ2v) is 8.25. The van der Waals surface area contributed by atoms with Gasteiger partial charge in [0.1, 0.15) is 6.07 Å². The highest BCUT2D eigenvalue weighted by Crippen LogP contribution is 2.40. The molecule has 1 N–H and O–H groups in total. The Morgan fingerprint density at radius 3 is 2.34 bits per heavy atom. The molecule has 0 aliphatic carbocycles. The maximum atomic E-state index is 12.1. The van der Waals surface area contributed by atoms with Gasteiger partial charge in [-0.3, -0.25) is 0 Å². The second-order valence-electron chi connectivity index (χ2n) is 8.25. The number of hydrogen-bond acceptors (Lipinski definition) is 4. The lowest BCUT2D eigenvalue weighted by atomic mass is 9.90. The van der Waals surface area contributed by atoms with Gasteiger partial charge in [0.2, 0.25) is 0 Å².